The zero-order valence-electron chi connectivity index (χ0n) is 74.6. The van der Waals surface area contributed by atoms with Gasteiger partial charge in [0.1, 0.15) is 17.3 Å². The van der Waals surface area contributed by atoms with Crippen LogP contribution >= 0.6 is 0 Å². The number of hydrogen-bond donors (Lipinski definition) is 5. The van der Waals surface area contributed by atoms with Crippen molar-refractivity contribution in [2.24, 2.45) is 41.4 Å². The number of carbonyl (C=O) groups is 7. The minimum Gasteiger partial charge on any atom is -0.466 e. The van der Waals surface area contributed by atoms with Gasteiger partial charge in [0.2, 0.25) is 11.8 Å². The number of ether oxygens (including phenoxy) is 4. The summed E-state index contributed by atoms with van der Waals surface area (Å²) >= 11 is 0. The van der Waals surface area contributed by atoms with Gasteiger partial charge in [-0.15, -0.1) is 0 Å². The number of allylic oxidation sites excluding steroid dienone is 4. The lowest BCUT2D eigenvalue weighted by atomic mass is 9.78. The van der Waals surface area contributed by atoms with Gasteiger partial charge in [0.25, 0.3) is 0 Å². The summed E-state index contributed by atoms with van der Waals surface area (Å²) in [6.45, 7) is 18.2. The number of anilines is 2. The average Bonchev–Trinajstić information content (AvgIpc) is 0.832. The van der Waals surface area contributed by atoms with Crippen LogP contribution in [0, 0.1) is 41.4 Å². The second-order valence-corrected chi connectivity index (χ2v) is 33.2. The maximum Gasteiger partial charge on any atom is 0.376 e. The summed E-state index contributed by atoms with van der Waals surface area (Å²) in [6.07, 6.45) is 30.2. The molecule has 14 rings (SSSR count). The molecular weight excluding hydrogens is 1610 g/mol. The van der Waals surface area contributed by atoms with Crippen LogP contribution in [0.25, 0.3) is 22.3 Å². The number of methoxy groups -OCH3 is 4. The summed E-state index contributed by atoms with van der Waals surface area (Å²) in [4.78, 5) is 130. The van der Waals surface area contributed by atoms with Crippen molar-refractivity contribution in [3.63, 3.8) is 0 Å². The monoisotopic (exact) mass is 1730 g/mol. The molecule has 7 saturated heterocycles. The highest BCUT2D eigenvalue weighted by Crippen LogP contribution is 2.37. The van der Waals surface area contributed by atoms with Gasteiger partial charge in [0, 0.05) is 125 Å². The lowest BCUT2D eigenvalue weighted by Gasteiger charge is -2.37. The van der Waals surface area contributed by atoms with Crippen LogP contribution in [0.4, 0.5) is 11.6 Å². The first kappa shape index (κ1) is 98.2. The molecular formula is C94H125B3N16O14. The van der Waals surface area contributed by atoms with E-state index in [1.807, 2.05) is 133 Å². The van der Waals surface area contributed by atoms with Gasteiger partial charge in [0.05, 0.1) is 51.2 Å². The highest BCUT2D eigenvalue weighted by atomic mass is 16.5. The summed E-state index contributed by atoms with van der Waals surface area (Å²) in [5.74, 6) is 1.37. The first-order valence-corrected chi connectivity index (χ1v) is 44.5. The van der Waals surface area contributed by atoms with E-state index in [-0.39, 0.29) is 82.9 Å². The molecule has 674 valence electrons. The van der Waals surface area contributed by atoms with Crippen molar-refractivity contribution in [2.75, 3.05) is 132 Å². The Labute approximate surface area is 748 Å². The number of likely N-dealkylation sites (tertiary alicyclic amines) is 4. The van der Waals surface area contributed by atoms with E-state index in [1.165, 1.54) is 28.4 Å². The lowest BCUT2D eigenvalue weighted by molar-refractivity contribution is -0.139. The van der Waals surface area contributed by atoms with Gasteiger partial charge in [-0.2, -0.15) is 0 Å². The predicted octanol–water partition coefficient (Wildman–Crippen LogP) is 9.54. The van der Waals surface area contributed by atoms with Crippen molar-refractivity contribution < 1.29 is 67.6 Å². The Kier molecular flexibility index (Phi) is 39.5. The van der Waals surface area contributed by atoms with Crippen LogP contribution in [0.3, 0.4) is 0 Å². The summed E-state index contributed by atoms with van der Waals surface area (Å²) in [5, 5.41) is 28.7. The standard InChI is InChI=1S/2C26H33N5O3.2C15H21BN2O3.C12H17BN2O2/c2*1-34-25(32)17-22(23-4-2-3-10-28-23)20-8-14-31(15-9-20)26(33)21-6-12-30(13-7-21)18-19-5-11-29-24(27)16-19;2*1-16(20)18-9-6-12(7-10-18)13(11-15(19)21-2)14-5-3-4-8-17-14;1-13(17)15-8-5-10(6-9-15)12(16)11-4-2-3-7-14-11/h2*2-5,10-11,16-17,20-21H,6-9,12-15,18H2,1H3,(H2,27,29);2*3-5,8,11-12,20H,6-7,9-10H2,1-2H3;2-4,7,10,17H,5-6,8-9H2,1H3/b22-17+;22-17-;13-11+;13-11-;. The molecule has 0 unspecified atom stereocenters. The number of pyridine rings is 7. The molecule has 7 aliphatic heterocycles. The van der Waals surface area contributed by atoms with Crippen molar-refractivity contribution >= 4 is 96.6 Å². The van der Waals surface area contributed by atoms with Crippen LogP contribution in [0.1, 0.15) is 134 Å². The molecule has 0 aromatic carbocycles. The number of aromatic nitrogens is 7. The highest BCUT2D eigenvalue weighted by molar-refractivity contribution is 6.46. The number of Topliss-reactive ketones (excluding diaryl/α,β-unsaturated/α-hetero) is 1. The number of nitrogens with zero attached hydrogens (tertiary/aromatic N) is 14. The third-order valence-corrected chi connectivity index (χ3v) is 25.0. The zero-order valence-corrected chi connectivity index (χ0v) is 74.6. The Morgan fingerprint density at radius 1 is 0.331 bits per heavy atom. The number of carbonyl (C=O) groups excluding carboxylic acids is 7. The van der Waals surface area contributed by atoms with E-state index >= 15 is 0 Å². The molecule has 7 aromatic heterocycles. The Morgan fingerprint density at radius 2 is 0.575 bits per heavy atom. The second-order valence-electron chi connectivity index (χ2n) is 33.2. The van der Waals surface area contributed by atoms with Crippen LogP contribution in [-0.2, 0) is 60.8 Å². The SMILES string of the molecule is CB(O)N1CCC(C(=O)c2ccccn2)CC1.COC(=O)/C=C(/c1ccccn1)C1CCN(B(C)O)CC1.COC(=O)/C=C(/c1ccccn1)C1CCN(C(=O)C2CCN(Cc3ccnc(N)c3)CC2)CC1.COC(=O)/C=C(\c1ccccn1)C1CCN(B(C)O)CC1.COC(=O)/C=C(\c1ccccn1)C1CCN(C(=O)C2CCN(Cc3ccnc(N)c3)CC2)CC1. The topological polar surface area (TPSA) is 382 Å². The Bertz CT molecular complexity index is 4470. The van der Waals surface area contributed by atoms with Crippen LogP contribution in [0.15, 0.2) is 183 Å². The number of rotatable bonds is 23. The highest BCUT2D eigenvalue weighted by Gasteiger charge is 2.37. The van der Waals surface area contributed by atoms with E-state index in [9.17, 15) is 48.6 Å². The van der Waals surface area contributed by atoms with Crippen LogP contribution < -0.4 is 11.5 Å². The number of ketones is 1. The molecule has 0 bridgehead atoms. The molecule has 7 N–H and O–H groups in total. The predicted molar refractivity (Wildman–Crippen MR) is 492 cm³/mol. The van der Waals surface area contributed by atoms with Gasteiger partial charge in [0.15, 0.2) is 5.78 Å². The molecule has 33 heteroatoms. The van der Waals surface area contributed by atoms with Gasteiger partial charge < -0.3 is 69.7 Å². The van der Waals surface area contributed by atoms with E-state index < -0.39 is 21.2 Å². The van der Waals surface area contributed by atoms with E-state index in [1.54, 1.807) is 94.2 Å². The Balaban J connectivity index is 0.000000170. The molecule has 0 aliphatic carbocycles. The van der Waals surface area contributed by atoms with Gasteiger partial charge in [-0.05, 0) is 318 Å². The summed E-state index contributed by atoms with van der Waals surface area (Å²) in [7, 11) is 4.26. The molecule has 0 atom stereocenters. The lowest BCUT2D eigenvalue weighted by Crippen LogP contribution is -2.45. The third-order valence-electron chi connectivity index (χ3n) is 25.0. The number of piperidine rings is 7. The maximum absolute atomic E-state index is 13.2. The Morgan fingerprint density at radius 3 is 0.811 bits per heavy atom. The Hall–Kier alpha value is -11.0. The quantitative estimate of drug-likeness (QED) is 0.0131. The number of hydrogen-bond acceptors (Lipinski definition) is 28. The number of nitrogen functional groups attached to an aromatic ring is 2. The smallest absolute Gasteiger partial charge is 0.376 e. The largest absolute Gasteiger partial charge is 0.466 e. The first-order chi connectivity index (χ1) is 61.5. The fourth-order valence-electron chi connectivity index (χ4n) is 17.6. The van der Waals surface area contributed by atoms with Crippen molar-refractivity contribution in [1.29, 1.82) is 0 Å². The zero-order chi connectivity index (χ0) is 90.6. The molecule has 7 aromatic rings. The minimum atomic E-state index is -0.422. The minimum absolute atomic E-state index is 0.0555. The van der Waals surface area contributed by atoms with Crippen LogP contribution in [-0.4, -0.2) is 267 Å². The van der Waals surface area contributed by atoms with Gasteiger partial charge in [-0.1, -0.05) is 30.3 Å². The van der Waals surface area contributed by atoms with Crippen molar-refractivity contribution in [3.05, 3.63) is 223 Å². The molecule has 127 heavy (non-hydrogen) atoms. The summed E-state index contributed by atoms with van der Waals surface area (Å²) in [5.41, 5.74) is 21.3. The average molecular weight is 1740 g/mol. The van der Waals surface area contributed by atoms with Crippen LogP contribution in [0.5, 0.6) is 0 Å². The van der Waals surface area contributed by atoms with E-state index in [0.717, 1.165) is 225 Å². The second kappa shape index (κ2) is 51.1. The summed E-state index contributed by atoms with van der Waals surface area (Å²) in [6, 6.07) is 36.0. The summed E-state index contributed by atoms with van der Waals surface area (Å²) < 4.78 is 19.2. The molecule has 7 aliphatic rings. The molecule has 14 heterocycles. The van der Waals surface area contributed by atoms with Crippen molar-refractivity contribution in [2.45, 2.75) is 123 Å². The van der Waals surface area contributed by atoms with E-state index in [0.29, 0.717) is 43.5 Å². The van der Waals surface area contributed by atoms with E-state index in [2.05, 4.69) is 44.7 Å². The fourth-order valence-corrected chi connectivity index (χ4v) is 17.6. The number of nitrogens with two attached hydrogens (primary N) is 2. The maximum atomic E-state index is 13.2. The molecule has 2 amide bonds. The molecule has 0 saturated carbocycles. The van der Waals surface area contributed by atoms with Gasteiger partial charge in [-0.3, -0.25) is 49.1 Å². The normalized spacial score (nSPS) is 18.2. The molecule has 0 radical (unpaired) electrons. The van der Waals surface area contributed by atoms with Crippen molar-refractivity contribution in [1.82, 2.24) is 68.9 Å². The van der Waals surface area contributed by atoms with Crippen LogP contribution in [0.2, 0.25) is 20.5 Å². The number of amides is 2. The van der Waals surface area contributed by atoms with Crippen molar-refractivity contribution in [3.8, 4) is 0 Å². The fraction of sp³-hybridized carbons (Fsp3) is 0.468. The molecule has 7 fully saturated rings. The van der Waals surface area contributed by atoms with E-state index in [4.69, 9.17) is 30.4 Å². The first-order valence-electron chi connectivity index (χ1n) is 44.5. The van der Waals surface area contributed by atoms with Gasteiger partial charge in [-0.25, -0.2) is 29.1 Å². The third kappa shape index (κ3) is 30.6. The number of esters is 4. The molecule has 0 spiro atoms. The molecule has 30 nitrogen and oxygen atoms in total. The van der Waals surface area contributed by atoms with Gasteiger partial charge >= 0.3 is 45.0 Å².